The number of hydrogen-bond donors (Lipinski definition) is 4. The molecule has 0 aliphatic carbocycles. The lowest BCUT2D eigenvalue weighted by Crippen LogP contribution is -2.45. The third-order valence-electron chi connectivity index (χ3n) is 0.754. The van der Waals surface area contributed by atoms with Crippen molar-refractivity contribution in [3.63, 3.8) is 0 Å². The summed E-state index contributed by atoms with van der Waals surface area (Å²) in [6, 6.07) is 0. The minimum absolute atomic E-state index is 0.642. The quantitative estimate of drug-likeness (QED) is 0.211. The van der Waals surface area contributed by atoms with Gasteiger partial charge in [-0.15, -0.1) is 0 Å². The van der Waals surface area contributed by atoms with Crippen LogP contribution in [0.25, 0.3) is 0 Å². The molecule has 0 fully saturated rings. The number of rotatable bonds is 3. The van der Waals surface area contributed by atoms with E-state index in [0.29, 0.717) is 6.08 Å². The van der Waals surface area contributed by atoms with Gasteiger partial charge in [0.2, 0.25) is 6.29 Å². The van der Waals surface area contributed by atoms with E-state index >= 15 is 0 Å². The van der Waals surface area contributed by atoms with E-state index in [4.69, 9.17) is 20.4 Å². The smallest absolute Gasteiger partial charge is 0.378 e. The summed E-state index contributed by atoms with van der Waals surface area (Å²) in [4.78, 5) is 10.2. The maximum absolute atomic E-state index is 10.2. The van der Waals surface area contributed by atoms with Crippen LogP contribution in [0.1, 0.15) is 0 Å². The first-order valence-corrected chi connectivity index (χ1v) is 2.56. The average Bonchev–Trinajstić information content (AvgIpc) is 1.86. The van der Waals surface area contributed by atoms with Gasteiger partial charge in [0.1, 0.15) is 0 Å². The first-order chi connectivity index (χ1) is 4.90. The Hall–Kier alpha value is -0.950. The molecule has 0 aromatic rings. The second kappa shape index (κ2) is 3.44. The Morgan fingerprint density at radius 2 is 2.00 bits per heavy atom. The molecular formula is C5H8O6. The molecule has 0 atom stereocenters. The van der Waals surface area contributed by atoms with Gasteiger partial charge >= 0.3 is 11.9 Å². The zero-order chi connectivity index (χ0) is 9.07. The van der Waals surface area contributed by atoms with Crippen LogP contribution in [0.4, 0.5) is 0 Å². The van der Waals surface area contributed by atoms with Gasteiger partial charge in [-0.25, -0.2) is 4.79 Å². The Labute approximate surface area is 62.0 Å². The molecule has 0 amide bonds. The minimum Gasteiger partial charge on any atom is -0.401 e. The molecule has 6 heteroatoms. The number of esters is 1. The lowest BCUT2D eigenvalue weighted by atomic mass is 10.5. The van der Waals surface area contributed by atoms with Gasteiger partial charge in [-0.2, -0.15) is 0 Å². The summed E-state index contributed by atoms with van der Waals surface area (Å²) in [6.45, 7) is 2.94. The van der Waals surface area contributed by atoms with Gasteiger partial charge in [0.25, 0.3) is 0 Å². The Bertz CT molecular complexity index is 160. The second-order valence-corrected chi connectivity index (χ2v) is 1.66. The topological polar surface area (TPSA) is 107 Å². The summed E-state index contributed by atoms with van der Waals surface area (Å²) in [5.74, 6) is -4.46. The van der Waals surface area contributed by atoms with E-state index in [-0.39, 0.29) is 0 Å². The Kier molecular flexibility index (Phi) is 3.15. The highest BCUT2D eigenvalue weighted by Crippen LogP contribution is 2.06. The third-order valence-corrected chi connectivity index (χ3v) is 0.754. The Morgan fingerprint density at radius 1 is 1.55 bits per heavy atom. The molecule has 0 unspecified atom stereocenters. The molecule has 0 aromatic heterocycles. The molecular weight excluding hydrogens is 156 g/mol. The Morgan fingerprint density at radius 3 is 2.27 bits per heavy atom. The molecule has 0 heterocycles. The summed E-state index contributed by atoms with van der Waals surface area (Å²) >= 11 is 0. The van der Waals surface area contributed by atoms with Crippen LogP contribution in [-0.2, 0) is 9.53 Å². The van der Waals surface area contributed by atoms with Crippen molar-refractivity contribution in [2.75, 3.05) is 0 Å². The van der Waals surface area contributed by atoms with E-state index in [2.05, 4.69) is 11.3 Å². The molecule has 0 spiro atoms. The molecule has 11 heavy (non-hydrogen) atoms. The van der Waals surface area contributed by atoms with Gasteiger partial charge in [0, 0.05) is 6.08 Å². The Balaban J connectivity index is 4.11. The van der Waals surface area contributed by atoms with Crippen LogP contribution in [0.3, 0.4) is 0 Å². The van der Waals surface area contributed by atoms with Crippen molar-refractivity contribution in [2.24, 2.45) is 0 Å². The fourth-order valence-corrected chi connectivity index (χ4v) is 0.242. The van der Waals surface area contributed by atoms with Crippen LogP contribution in [-0.4, -0.2) is 38.7 Å². The summed E-state index contributed by atoms with van der Waals surface area (Å²) in [6.07, 6.45) is -1.93. The lowest BCUT2D eigenvalue weighted by molar-refractivity contribution is -0.395. The van der Waals surface area contributed by atoms with Gasteiger partial charge in [0.15, 0.2) is 0 Å². The van der Waals surface area contributed by atoms with E-state index in [9.17, 15) is 4.79 Å². The zero-order valence-electron chi connectivity index (χ0n) is 5.47. The zero-order valence-corrected chi connectivity index (χ0v) is 5.47. The summed E-state index contributed by atoms with van der Waals surface area (Å²) in [5.41, 5.74) is 0. The molecule has 0 rings (SSSR count). The largest absolute Gasteiger partial charge is 0.401 e. The molecule has 0 saturated heterocycles. The molecule has 0 bridgehead atoms. The predicted molar refractivity (Wildman–Crippen MR) is 31.7 cm³/mol. The molecule has 64 valence electrons. The van der Waals surface area contributed by atoms with Crippen LogP contribution < -0.4 is 0 Å². The molecule has 0 aliphatic heterocycles. The van der Waals surface area contributed by atoms with Crippen LogP contribution in [0.2, 0.25) is 0 Å². The van der Waals surface area contributed by atoms with Crippen LogP contribution in [0.15, 0.2) is 12.7 Å². The molecule has 0 aliphatic rings. The SMILES string of the molecule is C=CC(=O)OC(O)(O)C(O)O. The van der Waals surface area contributed by atoms with Crippen LogP contribution in [0, 0.1) is 0 Å². The number of carbonyl (C=O) groups excluding carboxylic acids is 1. The van der Waals surface area contributed by atoms with E-state index in [1.807, 2.05) is 0 Å². The molecule has 0 aromatic carbocycles. The van der Waals surface area contributed by atoms with Gasteiger partial charge in [-0.3, -0.25) is 0 Å². The lowest BCUT2D eigenvalue weighted by Gasteiger charge is -2.21. The number of aliphatic hydroxyl groups is 4. The summed E-state index contributed by atoms with van der Waals surface area (Å²) in [5, 5.41) is 33.3. The summed E-state index contributed by atoms with van der Waals surface area (Å²) in [7, 11) is 0. The van der Waals surface area contributed by atoms with Crippen LogP contribution >= 0.6 is 0 Å². The van der Waals surface area contributed by atoms with Crippen molar-refractivity contribution in [3.05, 3.63) is 12.7 Å². The fourth-order valence-electron chi connectivity index (χ4n) is 0.242. The first-order valence-electron chi connectivity index (χ1n) is 2.56. The van der Waals surface area contributed by atoms with Gasteiger partial charge in [-0.05, 0) is 0 Å². The normalized spacial score (nSPS) is 11.4. The highest BCUT2D eigenvalue weighted by Gasteiger charge is 2.36. The van der Waals surface area contributed by atoms with Gasteiger partial charge in [-0.1, -0.05) is 6.58 Å². The van der Waals surface area contributed by atoms with E-state index in [1.165, 1.54) is 0 Å². The van der Waals surface area contributed by atoms with Crippen LogP contribution in [0.5, 0.6) is 0 Å². The van der Waals surface area contributed by atoms with Crippen molar-refractivity contribution in [1.82, 2.24) is 0 Å². The molecule has 0 saturated carbocycles. The highest BCUT2D eigenvalue weighted by atomic mass is 16.8. The number of carbonyl (C=O) groups is 1. The number of hydrogen-bond acceptors (Lipinski definition) is 6. The van der Waals surface area contributed by atoms with E-state index in [1.54, 1.807) is 0 Å². The maximum atomic E-state index is 10.2. The maximum Gasteiger partial charge on any atom is 0.378 e. The van der Waals surface area contributed by atoms with E-state index in [0.717, 1.165) is 0 Å². The third kappa shape index (κ3) is 3.10. The number of aliphatic hydroxyl groups excluding tert-OH is 1. The minimum atomic E-state index is -3.29. The monoisotopic (exact) mass is 164 g/mol. The van der Waals surface area contributed by atoms with Crippen molar-refractivity contribution >= 4 is 5.97 Å². The standard InChI is InChI=1S/C5H8O6/c1-2-3(6)11-5(9,10)4(7)8/h2,4,7-10H,1H2. The number of ether oxygens (including phenoxy) is 1. The summed E-state index contributed by atoms with van der Waals surface area (Å²) < 4.78 is 3.70. The first kappa shape index (κ1) is 10.0. The van der Waals surface area contributed by atoms with E-state index < -0.39 is 18.2 Å². The molecule has 6 nitrogen and oxygen atoms in total. The van der Waals surface area contributed by atoms with Gasteiger partial charge in [0.05, 0.1) is 0 Å². The second-order valence-electron chi connectivity index (χ2n) is 1.66. The van der Waals surface area contributed by atoms with Crippen molar-refractivity contribution in [3.8, 4) is 0 Å². The van der Waals surface area contributed by atoms with Gasteiger partial charge < -0.3 is 25.2 Å². The van der Waals surface area contributed by atoms with Crippen molar-refractivity contribution < 1.29 is 30.0 Å². The van der Waals surface area contributed by atoms with Crippen molar-refractivity contribution in [1.29, 1.82) is 0 Å². The fraction of sp³-hybridized carbons (Fsp3) is 0.400. The predicted octanol–water partition coefficient (Wildman–Crippen LogP) is -2.34. The van der Waals surface area contributed by atoms with Crippen molar-refractivity contribution in [2.45, 2.75) is 12.3 Å². The average molecular weight is 164 g/mol. The molecule has 0 radical (unpaired) electrons. The highest BCUT2D eigenvalue weighted by molar-refractivity contribution is 5.81. The molecule has 4 N–H and O–H groups in total.